The number of hydrogen-bond donors (Lipinski definition) is 1. The first-order chi connectivity index (χ1) is 8.33. The van der Waals surface area contributed by atoms with Gasteiger partial charge in [-0.2, -0.15) is 11.8 Å². The van der Waals surface area contributed by atoms with Gasteiger partial charge in [-0.3, -0.25) is 0 Å². The van der Waals surface area contributed by atoms with Crippen molar-refractivity contribution in [2.45, 2.75) is 43.9 Å². The van der Waals surface area contributed by atoms with Crippen LogP contribution in [0.3, 0.4) is 0 Å². The molecule has 2 unspecified atom stereocenters. The molecule has 1 aromatic heterocycles. The molecule has 1 saturated heterocycles. The Balaban J connectivity index is 2.09. The highest BCUT2D eigenvalue weighted by molar-refractivity contribution is 8.00. The van der Waals surface area contributed by atoms with E-state index in [1.54, 1.807) is 11.3 Å². The van der Waals surface area contributed by atoms with E-state index in [2.05, 4.69) is 29.4 Å². The van der Waals surface area contributed by atoms with Gasteiger partial charge in [0.1, 0.15) is 0 Å². The van der Waals surface area contributed by atoms with Crippen LogP contribution in [0, 0.1) is 0 Å². The van der Waals surface area contributed by atoms with Crippen LogP contribution in [0.25, 0.3) is 0 Å². The zero-order chi connectivity index (χ0) is 12.1. The number of thiophene rings is 1. The molecular formula is C13H20ClNS2. The van der Waals surface area contributed by atoms with Crippen LogP contribution in [0.4, 0.5) is 0 Å². The average Bonchev–Trinajstić information content (AvgIpc) is 2.78. The first kappa shape index (κ1) is 13.7. The predicted octanol–water partition coefficient (Wildman–Crippen LogP) is 4.73. The van der Waals surface area contributed by atoms with Gasteiger partial charge in [0.05, 0.1) is 11.1 Å². The maximum absolute atomic E-state index is 6.29. The van der Waals surface area contributed by atoms with E-state index >= 15 is 0 Å². The molecule has 2 heterocycles. The van der Waals surface area contributed by atoms with Gasteiger partial charge in [-0.1, -0.05) is 24.9 Å². The molecule has 0 spiro atoms. The molecule has 1 nitrogen and oxygen atoms in total. The monoisotopic (exact) mass is 289 g/mol. The molecule has 96 valence electrons. The molecule has 4 heteroatoms. The van der Waals surface area contributed by atoms with Crippen LogP contribution in [-0.2, 0) is 0 Å². The second kappa shape index (κ2) is 7.03. The van der Waals surface area contributed by atoms with Crippen LogP contribution < -0.4 is 5.32 Å². The van der Waals surface area contributed by atoms with Crippen LogP contribution in [0.5, 0.6) is 0 Å². The topological polar surface area (TPSA) is 12.0 Å². The first-order valence-corrected chi connectivity index (χ1v) is 8.71. The van der Waals surface area contributed by atoms with Gasteiger partial charge in [0.15, 0.2) is 0 Å². The van der Waals surface area contributed by atoms with Gasteiger partial charge in [0.2, 0.25) is 0 Å². The molecule has 0 radical (unpaired) electrons. The smallest absolute Gasteiger partial charge is 0.0561 e. The number of halogens is 1. The summed E-state index contributed by atoms with van der Waals surface area (Å²) in [6, 6.07) is 2.48. The summed E-state index contributed by atoms with van der Waals surface area (Å²) in [7, 11) is 0. The molecule has 1 fully saturated rings. The maximum Gasteiger partial charge on any atom is 0.0561 e. The quantitative estimate of drug-likeness (QED) is 0.841. The fourth-order valence-corrected chi connectivity index (χ4v) is 5.08. The SMILES string of the molecule is CCCNC(c1sccc1Cl)C1CCCCS1. The summed E-state index contributed by atoms with van der Waals surface area (Å²) in [5.41, 5.74) is 0. The van der Waals surface area contributed by atoms with Crippen molar-refractivity contribution in [1.82, 2.24) is 5.32 Å². The summed E-state index contributed by atoms with van der Waals surface area (Å²) in [5, 5.41) is 7.43. The summed E-state index contributed by atoms with van der Waals surface area (Å²) in [5.74, 6) is 1.30. The summed E-state index contributed by atoms with van der Waals surface area (Å²) < 4.78 is 0. The van der Waals surface area contributed by atoms with E-state index in [-0.39, 0.29) is 0 Å². The average molecular weight is 290 g/mol. The first-order valence-electron chi connectivity index (χ1n) is 6.40. The standard InChI is InChI=1S/C13H20ClNS2/c1-2-7-15-12(11-5-3-4-8-16-11)13-10(14)6-9-17-13/h6,9,11-12,15H,2-5,7-8H2,1H3. The second-order valence-electron chi connectivity index (χ2n) is 4.47. The third-order valence-electron chi connectivity index (χ3n) is 3.13. The molecule has 0 saturated carbocycles. The Morgan fingerprint density at radius 3 is 3.00 bits per heavy atom. The van der Waals surface area contributed by atoms with Crippen molar-refractivity contribution in [1.29, 1.82) is 0 Å². The minimum Gasteiger partial charge on any atom is -0.308 e. The highest BCUT2D eigenvalue weighted by Gasteiger charge is 2.27. The van der Waals surface area contributed by atoms with Gasteiger partial charge in [0.25, 0.3) is 0 Å². The zero-order valence-corrected chi connectivity index (χ0v) is 12.6. The van der Waals surface area contributed by atoms with Gasteiger partial charge >= 0.3 is 0 Å². The van der Waals surface area contributed by atoms with Crippen LogP contribution >= 0.6 is 34.7 Å². The van der Waals surface area contributed by atoms with Gasteiger partial charge < -0.3 is 5.32 Å². The Hall–Kier alpha value is 0.300. The summed E-state index contributed by atoms with van der Waals surface area (Å²) in [6.45, 7) is 3.30. The Labute approximate surface area is 117 Å². The number of thioether (sulfide) groups is 1. The largest absolute Gasteiger partial charge is 0.308 e. The lowest BCUT2D eigenvalue weighted by Crippen LogP contribution is -2.32. The molecule has 2 rings (SSSR count). The van der Waals surface area contributed by atoms with Crippen LogP contribution in [0.2, 0.25) is 5.02 Å². The zero-order valence-electron chi connectivity index (χ0n) is 10.2. The third kappa shape index (κ3) is 3.63. The molecule has 1 N–H and O–H groups in total. The van der Waals surface area contributed by atoms with E-state index in [4.69, 9.17) is 11.6 Å². The number of rotatable bonds is 5. The van der Waals surface area contributed by atoms with Crippen LogP contribution in [0.15, 0.2) is 11.4 Å². The van der Waals surface area contributed by atoms with Gasteiger partial charge in [0, 0.05) is 10.1 Å². The minimum atomic E-state index is 0.452. The minimum absolute atomic E-state index is 0.452. The maximum atomic E-state index is 6.29. The van der Waals surface area contributed by atoms with E-state index in [1.807, 2.05) is 6.07 Å². The molecule has 1 aliphatic heterocycles. The predicted molar refractivity (Wildman–Crippen MR) is 80.5 cm³/mol. The Bertz CT molecular complexity index is 334. The molecule has 0 aliphatic carbocycles. The van der Waals surface area contributed by atoms with Crippen molar-refractivity contribution in [2.75, 3.05) is 12.3 Å². The van der Waals surface area contributed by atoms with E-state index in [0.29, 0.717) is 11.3 Å². The molecule has 2 atom stereocenters. The van der Waals surface area contributed by atoms with E-state index in [0.717, 1.165) is 11.6 Å². The second-order valence-corrected chi connectivity index (χ2v) is 7.17. The van der Waals surface area contributed by atoms with E-state index < -0.39 is 0 Å². The van der Waals surface area contributed by atoms with E-state index in [1.165, 1.54) is 36.3 Å². The van der Waals surface area contributed by atoms with Crippen molar-refractivity contribution in [3.8, 4) is 0 Å². The molecule has 0 aromatic carbocycles. The van der Waals surface area contributed by atoms with Crippen molar-refractivity contribution in [3.05, 3.63) is 21.3 Å². The summed E-state index contributed by atoms with van der Waals surface area (Å²) >= 11 is 10.2. The van der Waals surface area contributed by atoms with Crippen LogP contribution in [-0.4, -0.2) is 17.5 Å². The molecule has 0 amide bonds. The van der Waals surface area contributed by atoms with Crippen molar-refractivity contribution < 1.29 is 0 Å². The molecule has 1 aliphatic rings. The lowest BCUT2D eigenvalue weighted by Gasteiger charge is -2.30. The fraction of sp³-hybridized carbons (Fsp3) is 0.692. The molecule has 0 bridgehead atoms. The lowest BCUT2D eigenvalue weighted by molar-refractivity contribution is 0.485. The number of nitrogens with one attached hydrogen (secondary N) is 1. The van der Waals surface area contributed by atoms with Gasteiger partial charge in [-0.05, 0) is 43.0 Å². The van der Waals surface area contributed by atoms with Crippen molar-refractivity contribution >= 4 is 34.7 Å². The summed E-state index contributed by atoms with van der Waals surface area (Å²) in [4.78, 5) is 1.33. The Morgan fingerprint density at radius 1 is 1.53 bits per heavy atom. The van der Waals surface area contributed by atoms with Crippen molar-refractivity contribution in [3.63, 3.8) is 0 Å². The van der Waals surface area contributed by atoms with Gasteiger partial charge in [-0.25, -0.2) is 0 Å². The molecule has 1 aromatic rings. The lowest BCUT2D eigenvalue weighted by atomic mass is 10.1. The highest BCUT2D eigenvalue weighted by Crippen LogP contribution is 2.39. The summed E-state index contributed by atoms with van der Waals surface area (Å²) in [6.07, 6.45) is 5.24. The third-order valence-corrected chi connectivity index (χ3v) is 6.03. The van der Waals surface area contributed by atoms with Crippen molar-refractivity contribution in [2.24, 2.45) is 0 Å². The van der Waals surface area contributed by atoms with Gasteiger partial charge in [-0.15, -0.1) is 11.3 Å². The Kier molecular flexibility index (Phi) is 5.67. The normalized spacial score (nSPS) is 22.6. The Morgan fingerprint density at radius 2 is 2.41 bits per heavy atom. The number of hydrogen-bond acceptors (Lipinski definition) is 3. The van der Waals surface area contributed by atoms with E-state index in [9.17, 15) is 0 Å². The van der Waals surface area contributed by atoms with Crippen LogP contribution in [0.1, 0.15) is 43.5 Å². The molecule has 17 heavy (non-hydrogen) atoms. The molecular weight excluding hydrogens is 270 g/mol. The fourth-order valence-electron chi connectivity index (χ4n) is 2.25. The highest BCUT2D eigenvalue weighted by atomic mass is 35.5.